The number of fused-ring (bicyclic) bond motifs is 1. The number of hydrogen-bond acceptors (Lipinski definition) is 4. The smallest absolute Gasteiger partial charge is 0.410 e. The largest absolute Gasteiger partial charge is 1.00 e. The standard InChI is InChI=1S/C26H29BrN3O4.HI/c1-2-10-28-18-21(17-22(27)19-28)25(31)29-11-13-30(14-12-29)26(32)34-16-15-33-24-9-5-7-20-6-3-4-8-23(20)24;/h3-9,17-19H,2,10-16H2,1H3;1H/q+1;/p-1. The fourth-order valence-corrected chi connectivity index (χ4v) is 4.58. The summed E-state index contributed by atoms with van der Waals surface area (Å²) in [6.07, 6.45) is 4.46. The van der Waals surface area contributed by atoms with Gasteiger partial charge in [-0.15, -0.1) is 0 Å². The average molecular weight is 654 g/mol. The molecular weight excluding hydrogens is 625 g/mol. The highest BCUT2D eigenvalue weighted by atomic mass is 127. The summed E-state index contributed by atoms with van der Waals surface area (Å²) < 4.78 is 14.1. The molecule has 2 aromatic carbocycles. The van der Waals surface area contributed by atoms with Crippen molar-refractivity contribution in [1.29, 1.82) is 0 Å². The lowest BCUT2D eigenvalue weighted by molar-refractivity contribution is -0.697. The first kappa shape index (κ1) is 27.2. The number of carbonyl (C=O) groups excluding carboxylic acids is 2. The number of benzene rings is 2. The zero-order valence-corrected chi connectivity index (χ0v) is 23.4. The molecule has 0 N–H and O–H groups in total. The molecule has 1 aliphatic heterocycles. The van der Waals surface area contributed by atoms with Gasteiger partial charge < -0.3 is 43.3 Å². The third kappa shape index (κ3) is 7.07. The van der Waals surface area contributed by atoms with Gasteiger partial charge in [0.05, 0.1) is 4.47 Å². The van der Waals surface area contributed by atoms with Crippen molar-refractivity contribution in [2.75, 3.05) is 39.4 Å². The predicted molar refractivity (Wildman–Crippen MR) is 133 cm³/mol. The predicted octanol–water partition coefficient (Wildman–Crippen LogP) is 1.28. The lowest BCUT2D eigenvalue weighted by Gasteiger charge is -2.34. The van der Waals surface area contributed by atoms with Gasteiger partial charge in [0.15, 0.2) is 12.4 Å². The molecule has 0 bridgehead atoms. The van der Waals surface area contributed by atoms with Crippen molar-refractivity contribution in [2.24, 2.45) is 0 Å². The Morgan fingerprint density at radius 2 is 1.69 bits per heavy atom. The topological polar surface area (TPSA) is 63.0 Å². The van der Waals surface area contributed by atoms with Crippen LogP contribution in [0.1, 0.15) is 23.7 Å². The molecule has 1 aromatic heterocycles. The monoisotopic (exact) mass is 653 g/mol. The minimum absolute atomic E-state index is 0. The molecule has 0 unspecified atom stereocenters. The normalized spacial score (nSPS) is 13.3. The van der Waals surface area contributed by atoms with Crippen LogP contribution >= 0.6 is 15.9 Å². The molecule has 0 atom stereocenters. The summed E-state index contributed by atoms with van der Waals surface area (Å²) in [6, 6.07) is 15.7. The minimum atomic E-state index is -0.378. The number of aromatic nitrogens is 1. The fraction of sp³-hybridized carbons (Fsp3) is 0.346. The quantitative estimate of drug-likeness (QED) is 0.219. The van der Waals surface area contributed by atoms with E-state index in [9.17, 15) is 9.59 Å². The number of aryl methyl sites for hydroxylation is 1. The Balaban J connectivity index is 0.00000342. The van der Waals surface area contributed by atoms with E-state index in [4.69, 9.17) is 9.47 Å². The van der Waals surface area contributed by atoms with Crippen molar-refractivity contribution in [1.82, 2.24) is 9.80 Å². The van der Waals surface area contributed by atoms with Gasteiger partial charge in [-0.3, -0.25) is 4.79 Å². The van der Waals surface area contributed by atoms with Gasteiger partial charge in [0.25, 0.3) is 5.91 Å². The summed E-state index contributed by atoms with van der Waals surface area (Å²) in [5.74, 6) is 0.747. The molecule has 9 heteroatoms. The van der Waals surface area contributed by atoms with Crippen molar-refractivity contribution in [2.45, 2.75) is 19.9 Å². The molecule has 7 nitrogen and oxygen atoms in total. The van der Waals surface area contributed by atoms with E-state index in [0.717, 1.165) is 34.0 Å². The molecule has 186 valence electrons. The second kappa shape index (κ2) is 13.1. The SMILES string of the molecule is CCC[n+]1cc(Br)cc(C(=O)N2CCN(C(=O)OCCOc3cccc4ccccc34)CC2)c1.[I-]. The summed E-state index contributed by atoms with van der Waals surface area (Å²) in [6.45, 7) is 5.22. The van der Waals surface area contributed by atoms with Crippen LogP contribution in [0.3, 0.4) is 0 Å². The van der Waals surface area contributed by atoms with Gasteiger partial charge >= 0.3 is 6.09 Å². The van der Waals surface area contributed by atoms with Crippen molar-refractivity contribution in [3.05, 3.63) is 71.0 Å². The molecule has 2 amide bonds. The van der Waals surface area contributed by atoms with Crippen LogP contribution in [0, 0.1) is 0 Å². The maximum Gasteiger partial charge on any atom is 0.410 e. The van der Waals surface area contributed by atoms with E-state index in [1.54, 1.807) is 9.80 Å². The molecule has 0 saturated carbocycles. The lowest BCUT2D eigenvalue weighted by atomic mass is 10.1. The summed E-state index contributed by atoms with van der Waals surface area (Å²) in [4.78, 5) is 28.9. The molecule has 4 rings (SSSR count). The maximum absolute atomic E-state index is 13.0. The summed E-state index contributed by atoms with van der Waals surface area (Å²) >= 11 is 3.49. The number of pyridine rings is 1. The molecule has 0 spiro atoms. The van der Waals surface area contributed by atoms with Crippen LogP contribution in [0.15, 0.2) is 65.4 Å². The van der Waals surface area contributed by atoms with E-state index in [0.29, 0.717) is 31.7 Å². The number of nitrogens with zero attached hydrogens (tertiary/aromatic N) is 3. The molecule has 1 fully saturated rings. The van der Waals surface area contributed by atoms with Crippen molar-refractivity contribution in [3.8, 4) is 5.75 Å². The highest BCUT2D eigenvalue weighted by molar-refractivity contribution is 9.10. The van der Waals surface area contributed by atoms with E-state index in [-0.39, 0.29) is 49.2 Å². The second-order valence-electron chi connectivity index (χ2n) is 8.20. The van der Waals surface area contributed by atoms with E-state index in [2.05, 4.69) is 22.9 Å². The molecule has 0 aliphatic carbocycles. The molecule has 1 saturated heterocycles. The summed E-state index contributed by atoms with van der Waals surface area (Å²) in [7, 11) is 0. The lowest BCUT2D eigenvalue weighted by Crippen LogP contribution is -3.00. The number of rotatable bonds is 7. The molecule has 2 heterocycles. The first-order chi connectivity index (χ1) is 16.5. The number of piperazine rings is 1. The Morgan fingerprint density at radius 1 is 0.971 bits per heavy atom. The summed E-state index contributed by atoms with van der Waals surface area (Å²) in [5, 5.41) is 2.13. The number of ether oxygens (including phenoxy) is 2. The van der Waals surface area contributed by atoms with Crippen LogP contribution in [-0.4, -0.2) is 61.2 Å². The average Bonchev–Trinajstić information content (AvgIpc) is 2.86. The van der Waals surface area contributed by atoms with Gasteiger partial charge in [-0.25, -0.2) is 9.36 Å². The van der Waals surface area contributed by atoms with Gasteiger partial charge in [-0.1, -0.05) is 43.3 Å². The summed E-state index contributed by atoms with van der Waals surface area (Å²) in [5.41, 5.74) is 0.643. The highest BCUT2D eigenvalue weighted by Crippen LogP contribution is 2.25. The van der Waals surface area contributed by atoms with Gasteiger partial charge in [-0.05, 0) is 33.4 Å². The Kier molecular flexibility index (Phi) is 10.1. The number of hydrogen-bond donors (Lipinski definition) is 0. The molecular formula is C26H29BrIN3O4. The van der Waals surface area contributed by atoms with E-state index < -0.39 is 0 Å². The fourth-order valence-electron chi connectivity index (χ4n) is 4.07. The van der Waals surface area contributed by atoms with Crippen LogP contribution < -0.4 is 33.3 Å². The van der Waals surface area contributed by atoms with Gasteiger partial charge in [0, 0.05) is 38.0 Å². The van der Waals surface area contributed by atoms with Gasteiger partial charge in [-0.2, -0.15) is 0 Å². The second-order valence-corrected chi connectivity index (χ2v) is 9.12. The van der Waals surface area contributed by atoms with Gasteiger partial charge in [0.2, 0.25) is 0 Å². The van der Waals surface area contributed by atoms with Crippen molar-refractivity contribution >= 4 is 38.7 Å². The third-order valence-electron chi connectivity index (χ3n) is 5.76. The molecule has 0 radical (unpaired) electrons. The highest BCUT2D eigenvalue weighted by Gasteiger charge is 2.27. The van der Waals surface area contributed by atoms with Crippen molar-refractivity contribution < 1.29 is 47.6 Å². The van der Waals surface area contributed by atoms with Crippen LogP contribution in [0.2, 0.25) is 0 Å². The molecule has 1 aliphatic rings. The van der Waals surface area contributed by atoms with Gasteiger partial charge in [0.1, 0.15) is 31.1 Å². The minimum Gasteiger partial charge on any atom is -1.00 e. The van der Waals surface area contributed by atoms with Crippen LogP contribution in [0.4, 0.5) is 4.79 Å². The number of carbonyl (C=O) groups is 2. The first-order valence-corrected chi connectivity index (χ1v) is 12.4. The number of halogens is 2. The third-order valence-corrected chi connectivity index (χ3v) is 6.19. The zero-order chi connectivity index (χ0) is 23.9. The zero-order valence-electron chi connectivity index (χ0n) is 19.7. The van der Waals surface area contributed by atoms with E-state index in [1.165, 1.54) is 0 Å². The Morgan fingerprint density at radius 3 is 2.46 bits per heavy atom. The van der Waals surface area contributed by atoms with E-state index in [1.807, 2.05) is 65.5 Å². The van der Waals surface area contributed by atoms with Crippen molar-refractivity contribution in [3.63, 3.8) is 0 Å². The maximum atomic E-state index is 13.0. The molecule has 35 heavy (non-hydrogen) atoms. The Hall–Kier alpha value is -2.40. The van der Waals surface area contributed by atoms with Crippen LogP contribution in [-0.2, 0) is 11.3 Å². The Bertz CT molecular complexity index is 1160. The number of amides is 2. The van der Waals surface area contributed by atoms with Crippen LogP contribution in [0.25, 0.3) is 10.8 Å². The Labute approximate surface area is 231 Å². The van der Waals surface area contributed by atoms with E-state index >= 15 is 0 Å². The molecule has 3 aromatic rings. The first-order valence-electron chi connectivity index (χ1n) is 11.6. The van der Waals surface area contributed by atoms with Crippen LogP contribution in [0.5, 0.6) is 5.75 Å².